The van der Waals surface area contributed by atoms with Crippen LogP contribution in [0.2, 0.25) is 0 Å². The zero-order chi connectivity index (χ0) is 12.4. The van der Waals surface area contributed by atoms with Crippen LogP contribution in [0.4, 0.5) is 0 Å². The summed E-state index contributed by atoms with van der Waals surface area (Å²) in [4.78, 5) is 14.4. The Balaban J connectivity index is 1.66. The minimum atomic E-state index is -0.200. The minimum absolute atomic E-state index is 0.133. The molecule has 1 atom stereocenters. The smallest absolute Gasteiger partial charge is 0.242 e. The van der Waals surface area contributed by atoms with Gasteiger partial charge in [0, 0.05) is 12.6 Å². The predicted molar refractivity (Wildman–Crippen MR) is 64.9 cm³/mol. The number of morpholine rings is 1. The molecule has 1 unspecified atom stereocenters. The van der Waals surface area contributed by atoms with Crippen molar-refractivity contribution in [1.29, 1.82) is 0 Å². The third-order valence-electron chi connectivity index (χ3n) is 3.40. The molecule has 2 fully saturated rings. The lowest BCUT2D eigenvalue weighted by atomic mass is 10.2. The fraction of sp³-hybridized carbons (Fsp3) is 0.615. The average molecular weight is 250 g/mol. The highest BCUT2D eigenvalue weighted by Crippen LogP contribution is 2.29. The Labute approximate surface area is 106 Å². The molecular weight excluding hydrogens is 232 g/mol. The third kappa shape index (κ3) is 2.57. The van der Waals surface area contributed by atoms with Gasteiger partial charge in [0.15, 0.2) is 0 Å². The van der Waals surface area contributed by atoms with Crippen LogP contribution >= 0.6 is 0 Å². The molecular formula is C13H18N2O3. The molecule has 0 bridgehead atoms. The number of rotatable bonds is 4. The largest absolute Gasteiger partial charge is 0.467 e. The number of nitrogens with zero attached hydrogens (tertiary/aromatic N) is 1. The zero-order valence-corrected chi connectivity index (χ0v) is 10.3. The van der Waals surface area contributed by atoms with Crippen LogP contribution in [0.5, 0.6) is 0 Å². The molecule has 1 aromatic rings. The maximum atomic E-state index is 12.4. The Morgan fingerprint density at radius 3 is 3.00 bits per heavy atom. The van der Waals surface area contributed by atoms with Crippen molar-refractivity contribution in [2.24, 2.45) is 0 Å². The second-order valence-corrected chi connectivity index (χ2v) is 4.86. The fourth-order valence-corrected chi connectivity index (χ4v) is 2.27. The van der Waals surface area contributed by atoms with Crippen LogP contribution in [0, 0.1) is 0 Å². The Kier molecular flexibility index (Phi) is 3.34. The Hall–Kier alpha value is -1.33. The molecule has 98 valence electrons. The summed E-state index contributed by atoms with van der Waals surface area (Å²) in [6, 6.07) is 3.95. The lowest BCUT2D eigenvalue weighted by Gasteiger charge is -2.29. The monoisotopic (exact) mass is 250 g/mol. The maximum Gasteiger partial charge on any atom is 0.242 e. The molecule has 1 saturated carbocycles. The number of furan rings is 1. The van der Waals surface area contributed by atoms with Gasteiger partial charge >= 0.3 is 0 Å². The van der Waals surface area contributed by atoms with E-state index in [9.17, 15) is 4.79 Å². The number of nitrogens with one attached hydrogen (secondary N) is 1. The Bertz CT molecular complexity index is 394. The van der Waals surface area contributed by atoms with Gasteiger partial charge in [-0.15, -0.1) is 0 Å². The molecule has 2 aliphatic rings. The van der Waals surface area contributed by atoms with Gasteiger partial charge in [0.2, 0.25) is 5.91 Å². The van der Waals surface area contributed by atoms with E-state index >= 15 is 0 Å². The van der Waals surface area contributed by atoms with Crippen LogP contribution in [0.3, 0.4) is 0 Å². The standard InChI is InChI=1S/C13H18N2O3/c16-13(12-9-17-7-5-14-12)15(10-3-4-10)8-11-2-1-6-18-11/h1-2,6,10,12,14H,3-5,7-9H2. The summed E-state index contributed by atoms with van der Waals surface area (Å²) < 4.78 is 10.7. The van der Waals surface area contributed by atoms with E-state index in [4.69, 9.17) is 9.15 Å². The van der Waals surface area contributed by atoms with Crippen molar-refractivity contribution in [2.45, 2.75) is 31.5 Å². The van der Waals surface area contributed by atoms with Crippen molar-refractivity contribution in [1.82, 2.24) is 10.2 Å². The minimum Gasteiger partial charge on any atom is -0.467 e. The lowest BCUT2D eigenvalue weighted by molar-refractivity contribution is -0.137. The number of hydrogen-bond acceptors (Lipinski definition) is 4. The highest BCUT2D eigenvalue weighted by atomic mass is 16.5. The SMILES string of the molecule is O=C(C1COCCN1)N(Cc1ccco1)C1CC1. The third-order valence-corrected chi connectivity index (χ3v) is 3.40. The van der Waals surface area contributed by atoms with E-state index in [0.717, 1.165) is 25.1 Å². The summed E-state index contributed by atoms with van der Waals surface area (Å²) in [5, 5.41) is 3.21. The van der Waals surface area contributed by atoms with Gasteiger partial charge in [-0.3, -0.25) is 4.79 Å². The summed E-state index contributed by atoms with van der Waals surface area (Å²) >= 11 is 0. The van der Waals surface area contributed by atoms with Crippen molar-refractivity contribution < 1.29 is 13.9 Å². The number of hydrogen-bond donors (Lipinski definition) is 1. The molecule has 1 amide bonds. The van der Waals surface area contributed by atoms with Gasteiger partial charge < -0.3 is 19.4 Å². The van der Waals surface area contributed by atoms with Crippen molar-refractivity contribution in [2.75, 3.05) is 19.8 Å². The molecule has 1 aliphatic heterocycles. The number of carbonyl (C=O) groups is 1. The highest BCUT2D eigenvalue weighted by molar-refractivity contribution is 5.82. The molecule has 18 heavy (non-hydrogen) atoms. The van der Waals surface area contributed by atoms with Crippen LogP contribution in [-0.4, -0.2) is 42.6 Å². The van der Waals surface area contributed by atoms with E-state index in [-0.39, 0.29) is 11.9 Å². The quantitative estimate of drug-likeness (QED) is 0.857. The van der Waals surface area contributed by atoms with E-state index in [2.05, 4.69) is 5.32 Å². The lowest BCUT2D eigenvalue weighted by Crippen LogP contribution is -2.52. The number of amides is 1. The molecule has 5 heteroatoms. The zero-order valence-electron chi connectivity index (χ0n) is 10.3. The van der Waals surface area contributed by atoms with Gasteiger partial charge in [0.1, 0.15) is 11.8 Å². The molecule has 5 nitrogen and oxygen atoms in total. The van der Waals surface area contributed by atoms with Crippen molar-refractivity contribution >= 4 is 5.91 Å². The first kappa shape index (κ1) is 11.7. The van der Waals surface area contributed by atoms with Crippen molar-refractivity contribution in [3.8, 4) is 0 Å². The summed E-state index contributed by atoms with van der Waals surface area (Å²) in [6.07, 6.45) is 3.84. The Morgan fingerprint density at radius 2 is 2.39 bits per heavy atom. The summed E-state index contributed by atoms with van der Waals surface area (Å²) in [5.41, 5.74) is 0. The van der Waals surface area contributed by atoms with E-state index < -0.39 is 0 Å². The average Bonchev–Trinajstić information content (AvgIpc) is 3.13. The van der Waals surface area contributed by atoms with Gasteiger partial charge in [-0.25, -0.2) is 0 Å². The van der Waals surface area contributed by atoms with E-state index in [1.807, 2.05) is 17.0 Å². The fourth-order valence-electron chi connectivity index (χ4n) is 2.27. The van der Waals surface area contributed by atoms with Gasteiger partial charge in [-0.05, 0) is 25.0 Å². The van der Waals surface area contributed by atoms with Gasteiger partial charge in [0.25, 0.3) is 0 Å². The normalized spacial score (nSPS) is 23.9. The van der Waals surface area contributed by atoms with E-state index in [0.29, 0.717) is 25.8 Å². The summed E-state index contributed by atoms with van der Waals surface area (Å²) in [7, 11) is 0. The van der Waals surface area contributed by atoms with Gasteiger partial charge in [-0.1, -0.05) is 0 Å². The predicted octanol–water partition coefficient (Wildman–Crippen LogP) is 0.759. The number of ether oxygens (including phenoxy) is 1. The maximum absolute atomic E-state index is 12.4. The summed E-state index contributed by atoms with van der Waals surface area (Å²) in [6.45, 7) is 2.47. The van der Waals surface area contributed by atoms with Crippen LogP contribution in [0.25, 0.3) is 0 Å². The van der Waals surface area contributed by atoms with Gasteiger partial charge in [-0.2, -0.15) is 0 Å². The van der Waals surface area contributed by atoms with Crippen molar-refractivity contribution in [3.63, 3.8) is 0 Å². The first-order chi connectivity index (χ1) is 8.84. The first-order valence-corrected chi connectivity index (χ1v) is 6.48. The van der Waals surface area contributed by atoms with Crippen LogP contribution < -0.4 is 5.32 Å². The van der Waals surface area contributed by atoms with E-state index in [1.54, 1.807) is 6.26 Å². The van der Waals surface area contributed by atoms with Gasteiger partial charge in [0.05, 0.1) is 26.0 Å². The molecule has 1 aromatic heterocycles. The molecule has 1 aliphatic carbocycles. The molecule has 1 N–H and O–H groups in total. The Morgan fingerprint density at radius 1 is 1.50 bits per heavy atom. The van der Waals surface area contributed by atoms with E-state index in [1.165, 1.54) is 0 Å². The molecule has 1 saturated heterocycles. The topological polar surface area (TPSA) is 54.7 Å². The molecule has 0 aromatic carbocycles. The second kappa shape index (κ2) is 5.12. The highest BCUT2D eigenvalue weighted by Gasteiger charge is 2.36. The molecule has 0 radical (unpaired) electrons. The molecule has 0 spiro atoms. The first-order valence-electron chi connectivity index (χ1n) is 6.48. The van der Waals surface area contributed by atoms with Crippen molar-refractivity contribution in [3.05, 3.63) is 24.2 Å². The summed E-state index contributed by atoms with van der Waals surface area (Å²) in [5.74, 6) is 0.973. The van der Waals surface area contributed by atoms with Crippen LogP contribution in [0.1, 0.15) is 18.6 Å². The molecule has 2 heterocycles. The second-order valence-electron chi connectivity index (χ2n) is 4.86. The van der Waals surface area contributed by atoms with Crippen LogP contribution in [0.15, 0.2) is 22.8 Å². The molecule has 3 rings (SSSR count). The number of carbonyl (C=O) groups excluding carboxylic acids is 1. The van der Waals surface area contributed by atoms with Crippen LogP contribution in [-0.2, 0) is 16.1 Å².